The fourth-order valence-corrected chi connectivity index (χ4v) is 2.37. The van der Waals surface area contributed by atoms with E-state index in [0.717, 1.165) is 18.2 Å². The number of carbonyl (C=O) groups excluding carboxylic acids is 2. The second-order valence-corrected chi connectivity index (χ2v) is 8.58. The Bertz CT molecular complexity index is 750. The summed E-state index contributed by atoms with van der Waals surface area (Å²) in [5, 5.41) is 0. The molecule has 1 aromatic carbocycles. The smallest absolute Gasteiger partial charge is 0.340 e. The number of hydrogen-bond acceptors (Lipinski definition) is 6. The van der Waals surface area contributed by atoms with Crippen molar-refractivity contribution < 1.29 is 32.0 Å². The zero-order valence-corrected chi connectivity index (χ0v) is 15.4. The van der Waals surface area contributed by atoms with Crippen LogP contribution in [0, 0.1) is 0 Å². The van der Waals surface area contributed by atoms with E-state index in [2.05, 4.69) is 0 Å². The molecule has 1 rings (SSSR count). The largest absolute Gasteiger partial charge is 0.456 e. The van der Waals surface area contributed by atoms with Gasteiger partial charge in [-0.1, -0.05) is 0 Å². The normalized spacial score (nSPS) is 12.6. The third kappa shape index (κ3) is 5.93. The first-order valence-corrected chi connectivity index (χ1v) is 8.62. The van der Waals surface area contributed by atoms with Crippen LogP contribution in [-0.4, -0.2) is 36.1 Å². The molecule has 1 N–H and O–H groups in total. The molecule has 8 heteroatoms. The van der Waals surface area contributed by atoms with Crippen LogP contribution in [-0.2, 0) is 19.6 Å². The molecule has 0 saturated carbocycles. The lowest BCUT2D eigenvalue weighted by atomic mass is 10.1. The van der Waals surface area contributed by atoms with Gasteiger partial charge in [0.2, 0.25) is 0 Å². The van der Waals surface area contributed by atoms with Crippen molar-refractivity contribution in [2.45, 2.75) is 57.6 Å². The molecule has 0 unspecified atom stereocenters. The highest BCUT2D eigenvalue weighted by Crippen LogP contribution is 2.22. The van der Waals surface area contributed by atoms with Gasteiger partial charge in [-0.15, -0.1) is 0 Å². The Morgan fingerprint density at radius 3 is 1.79 bits per heavy atom. The van der Waals surface area contributed by atoms with Crippen molar-refractivity contribution >= 4 is 22.1 Å². The second kappa shape index (κ2) is 6.52. The Labute approximate surface area is 141 Å². The molecular weight excluding hydrogens is 336 g/mol. The fraction of sp³-hybridized carbons (Fsp3) is 0.500. The van der Waals surface area contributed by atoms with Crippen molar-refractivity contribution in [3.63, 3.8) is 0 Å². The molecule has 0 aliphatic rings. The highest BCUT2D eigenvalue weighted by molar-refractivity contribution is 7.86. The van der Waals surface area contributed by atoms with E-state index < -0.39 is 43.7 Å². The van der Waals surface area contributed by atoms with Gasteiger partial charge in [-0.2, -0.15) is 8.42 Å². The maximum absolute atomic E-state index is 12.2. The minimum Gasteiger partial charge on any atom is -0.456 e. The molecule has 134 valence electrons. The minimum atomic E-state index is -4.66. The Kier molecular flexibility index (Phi) is 5.47. The number of esters is 2. The van der Waals surface area contributed by atoms with Crippen molar-refractivity contribution in [2.24, 2.45) is 0 Å². The first kappa shape index (κ1) is 20.1. The van der Waals surface area contributed by atoms with Crippen molar-refractivity contribution in [2.75, 3.05) is 0 Å². The van der Waals surface area contributed by atoms with Crippen LogP contribution in [0.4, 0.5) is 0 Å². The monoisotopic (exact) mass is 358 g/mol. The van der Waals surface area contributed by atoms with Crippen LogP contribution in [0.3, 0.4) is 0 Å². The molecular formula is C16H22O7S. The molecule has 0 spiro atoms. The number of rotatable bonds is 3. The number of benzene rings is 1. The summed E-state index contributed by atoms with van der Waals surface area (Å²) in [5.74, 6) is -1.70. The van der Waals surface area contributed by atoms with E-state index in [1.54, 1.807) is 41.5 Å². The molecule has 0 bridgehead atoms. The third-order valence-corrected chi connectivity index (χ3v) is 3.42. The SMILES string of the molecule is CC(C)(C)OC(=O)c1ccc(S(=O)(=O)O)c(C(=O)OC(C)(C)C)c1. The van der Waals surface area contributed by atoms with Crippen LogP contribution in [0.25, 0.3) is 0 Å². The minimum absolute atomic E-state index is 0.0295. The zero-order chi connectivity index (χ0) is 18.9. The van der Waals surface area contributed by atoms with Crippen LogP contribution < -0.4 is 0 Å². The maximum atomic E-state index is 12.2. The molecule has 0 aromatic heterocycles. The van der Waals surface area contributed by atoms with Gasteiger partial charge in [0.25, 0.3) is 10.1 Å². The first-order valence-electron chi connectivity index (χ1n) is 7.18. The lowest BCUT2D eigenvalue weighted by molar-refractivity contribution is 0.00645. The van der Waals surface area contributed by atoms with Gasteiger partial charge in [-0.3, -0.25) is 4.55 Å². The van der Waals surface area contributed by atoms with E-state index in [1.165, 1.54) is 0 Å². The molecule has 0 amide bonds. The molecule has 0 fully saturated rings. The Balaban J connectivity index is 3.39. The third-order valence-electron chi connectivity index (χ3n) is 2.51. The van der Waals surface area contributed by atoms with E-state index in [0.29, 0.717) is 0 Å². The summed E-state index contributed by atoms with van der Waals surface area (Å²) >= 11 is 0. The summed E-state index contributed by atoms with van der Waals surface area (Å²) in [6.45, 7) is 9.84. The lowest BCUT2D eigenvalue weighted by Crippen LogP contribution is -2.26. The predicted molar refractivity (Wildman–Crippen MR) is 86.6 cm³/mol. The molecule has 7 nitrogen and oxygen atoms in total. The van der Waals surface area contributed by atoms with Crippen molar-refractivity contribution in [1.82, 2.24) is 0 Å². The van der Waals surface area contributed by atoms with Gasteiger partial charge in [0, 0.05) is 0 Å². The van der Waals surface area contributed by atoms with Gasteiger partial charge in [0.05, 0.1) is 11.1 Å². The van der Waals surface area contributed by atoms with Gasteiger partial charge >= 0.3 is 11.9 Å². The van der Waals surface area contributed by atoms with Gasteiger partial charge in [-0.25, -0.2) is 9.59 Å². The molecule has 0 radical (unpaired) electrons. The van der Waals surface area contributed by atoms with Crippen LogP contribution in [0.5, 0.6) is 0 Å². The fourth-order valence-electron chi connectivity index (χ4n) is 1.71. The Morgan fingerprint density at radius 2 is 1.38 bits per heavy atom. The van der Waals surface area contributed by atoms with E-state index in [-0.39, 0.29) is 5.56 Å². The highest BCUT2D eigenvalue weighted by Gasteiger charge is 2.27. The quantitative estimate of drug-likeness (QED) is 0.654. The molecule has 0 aliphatic heterocycles. The number of hydrogen-bond donors (Lipinski definition) is 1. The van der Waals surface area contributed by atoms with Crippen LogP contribution in [0.15, 0.2) is 23.1 Å². The standard InChI is InChI=1S/C16H22O7S/c1-15(2,3)22-13(17)10-7-8-12(24(19,20)21)11(9-10)14(18)23-16(4,5)6/h7-9H,1-6H3,(H,19,20,21). The lowest BCUT2D eigenvalue weighted by Gasteiger charge is -2.21. The molecule has 0 atom stereocenters. The van der Waals surface area contributed by atoms with Crippen LogP contribution >= 0.6 is 0 Å². The van der Waals surface area contributed by atoms with Crippen molar-refractivity contribution in [1.29, 1.82) is 0 Å². The molecule has 0 aliphatic carbocycles. The number of carbonyl (C=O) groups is 2. The van der Waals surface area contributed by atoms with E-state index >= 15 is 0 Å². The van der Waals surface area contributed by atoms with E-state index in [4.69, 9.17) is 9.47 Å². The first-order chi connectivity index (χ1) is 10.6. The Morgan fingerprint density at radius 1 is 0.917 bits per heavy atom. The topological polar surface area (TPSA) is 107 Å². The maximum Gasteiger partial charge on any atom is 0.340 e. The highest BCUT2D eigenvalue weighted by atomic mass is 32.2. The van der Waals surface area contributed by atoms with Gasteiger partial charge in [-0.05, 0) is 59.7 Å². The van der Waals surface area contributed by atoms with Gasteiger partial charge in [0.1, 0.15) is 16.1 Å². The number of ether oxygens (including phenoxy) is 2. The van der Waals surface area contributed by atoms with Crippen LogP contribution in [0.2, 0.25) is 0 Å². The van der Waals surface area contributed by atoms with E-state index in [9.17, 15) is 22.6 Å². The van der Waals surface area contributed by atoms with Crippen molar-refractivity contribution in [3.8, 4) is 0 Å². The summed E-state index contributed by atoms with van der Waals surface area (Å²) < 4.78 is 42.5. The van der Waals surface area contributed by atoms with E-state index in [1.807, 2.05) is 0 Å². The summed E-state index contributed by atoms with van der Waals surface area (Å²) in [6.07, 6.45) is 0. The average molecular weight is 358 g/mol. The molecule has 0 saturated heterocycles. The zero-order valence-electron chi connectivity index (χ0n) is 14.5. The van der Waals surface area contributed by atoms with Crippen LogP contribution in [0.1, 0.15) is 62.3 Å². The molecule has 0 heterocycles. The second-order valence-electron chi connectivity index (χ2n) is 7.19. The van der Waals surface area contributed by atoms with Gasteiger partial charge < -0.3 is 9.47 Å². The Hall–Kier alpha value is -1.93. The predicted octanol–water partition coefficient (Wildman–Crippen LogP) is 2.84. The van der Waals surface area contributed by atoms with Crippen molar-refractivity contribution in [3.05, 3.63) is 29.3 Å². The molecule has 24 heavy (non-hydrogen) atoms. The summed E-state index contributed by atoms with van der Waals surface area (Å²) in [4.78, 5) is 23.7. The van der Waals surface area contributed by atoms with Gasteiger partial charge in [0.15, 0.2) is 0 Å². The summed E-state index contributed by atoms with van der Waals surface area (Å²) in [7, 11) is -4.66. The molecule has 1 aromatic rings. The average Bonchev–Trinajstić information content (AvgIpc) is 2.32. The summed E-state index contributed by atoms with van der Waals surface area (Å²) in [5.41, 5.74) is -2.10. The summed E-state index contributed by atoms with van der Waals surface area (Å²) in [6, 6.07) is 3.16.